The fourth-order valence-corrected chi connectivity index (χ4v) is 3.19. The second-order valence-electron chi connectivity index (χ2n) is 6.38. The van der Waals surface area contributed by atoms with Crippen LogP contribution in [-0.2, 0) is 27.4 Å². The van der Waals surface area contributed by atoms with Crippen LogP contribution in [-0.4, -0.2) is 50.7 Å². The third kappa shape index (κ3) is 5.84. The minimum atomic E-state index is -0.142. The predicted molar refractivity (Wildman–Crippen MR) is 114 cm³/mol. The van der Waals surface area contributed by atoms with E-state index in [9.17, 15) is 4.79 Å². The van der Waals surface area contributed by atoms with Gasteiger partial charge in [0.25, 0.3) is 0 Å². The molecule has 26 heavy (non-hydrogen) atoms. The molecule has 6 nitrogen and oxygen atoms in total. The Morgan fingerprint density at radius 3 is 2.58 bits per heavy atom. The van der Waals surface area contributed by atoms with Gasteiger partial charge in [-0.15, -0.1) is 24.0 Å². The van der Waals surface area contributed by atoms with Crippen LogP contribution < -0.4 is 5.32 Å². The molecular weight excluding hydrogens is 445 g/mol. The highest BCUT2D eigenvalue weighted by atomic mass is 127. The quantitative estimate of drug-likeness (QED) is 0.297. The van der Waals surface area contributed by atoms with Crippen molar-refractivity contribution < 1.29 is 14.3 Å². The molecule has 1 heterocycles. The van der Waals surface area contributed by atoms with Crippen LogP contribution in [0.25, 0.3) is 0 Å². The maximum Gasteiger partial charge on any atom is 0.310 e. The minimum Gasteiger partial charge on any atom is -0.469 e. The molecule has 2 atom stereocenters. The summed E-state index contributed by atoms with van der Waals surface area (Å²) in [6.45, 7) is 7.50. The molecular formula is C19H30IN3O3. The highest BCUT2D eigenvalue weighted by molar-refractivity contribution is 14.0. The van der Waals surface area contributed by atoms with Crippen molar-refractivity contribution in [2.24, 2.45) is 16.8 Å². The first-order valence-electron chi connectivity index (χ1n) is 8.77. The molecule has 0 saturated carbocycles. The Labute approximate surface area is 173 Å². The molecule has 146 valence electrons. The Kier molecular flexibility index (Phi) is 9.93. The van der Waals surface area contributed by atoms with E-state index >= 15 is 0 Å². The summed E-state index contributed by atoms with van der Waals surface area (Å²) in [7, 11) is 3.15. The number of guanidine groups is 1. The van der Waals surface area contributed by atoms with Gasteiger partial charge in [-0.3, -0.25) is 4.79 Å². The Bertz CT molecular complexity index is 609. The van der Waals surface area contributed by atoms with Crippen LogP contribution in [0, 0.1) is 11.8 Å². The minimum absolute atomic E-state index is 0. The number of aliphatic imine (C=N–C) groups is 1. The first kappa shape index (κ1) is 22.7. The standard InChI is InChI=1S/C19H29N3O3.HI/c1-5-20-19(22-11-14(2)17(12-22)18(23)25-4)21-10-15-8-6-7-9-16(15)13-24-3;/h6-9,14,17H,5,10-13H2,1-4H3,(H,20,21);1H. The molecule has 1 saturated heterocycles. The molecule has 0 aromatic heterocycles. The zero-order valence-electron chi connectivity index (χ0n) is 16.0. The number of nitrogens with zero attached hydrogens (tertiary/aromatic N) is 2. The molecule has 0 radical (unpaired) electrons. The summed E-state index contributed by atoms with van der Waals surface area (Å²) in [5.41, 5.74) is 2.29. The molecule has 1 aliphatic rings. The van der Waals surface area contributed by atoms with Crippen LogP contribution in [0.4, 0.5) is 0 Å². The first-order chi connectivity index (χ1) is 12.1. The van der Waals surface area contributed by atoms with Crippen molar-refractivity contribution in [3.8, 4) is 0 Å². The van der Waals surface area contributed by atoms with Gasteiger partial charge in [-0.1, -0.05) is 31.2 Å². The molecule has 1 N–H and O–H groups in total. The van der Waals surface area contributed by atoms with Gasteiger partial charge in [0.05, 0.1) is 26.2 Å². The number of nitrogens with one attached hydrogen (secondary N) is 1. The average Bonchev–Trinajstić information content (AvgIpc) is 3.01. The van der Waals surface area contributed by atoms with E-state index in [2.05, 4.69) is 29.3 Å². The molecule has 1 aromatic carbocycles. The summed E-state index contributed by atoms with van der Waals surface area (Å²) >= 11 is 0. The lowest BCUT2D eigenvalue weighted by Crippen LogP contribution is -2.40. The molecule has 1 aromatic rings. The summed E-state index contributed by atoms with van der Waals surface area (Å²) in [5, 5.41) is 3.34. The lowest BCUT2D eigenvalue weighted by molar-refractivity contribution is -0.145. The van der Waals surface area contributed by atoms with Gasteiger partial charge in [0, 0.05) is 26.7 Å². The number of ether oxygens (including phenoxy) is 2. The van der Waals surface area contributed by atoms with Gasteiger partial charge in [-0.2, -0.15) is 0 Å². The number of rotatable bonds is 6. The van der Waals surface area contributed by atoms with E-state index in [1.807, 2.05) is 19.1 Å². The molecule has 0 bridgehead atoms. The molecule has 0 spiro atoms. The number of likely N-dealkylation sites (tertiary alicyclic amines) is 1. The Morgan fingerprint density at radius 2 is 1.96 bits per heavy atom. The third-order valence-electron chi connectivity index (χ3n) is 4.57. The van der Waals surface area contributed by atoms with Crippen LogP contribution in [0.15, 0.2) is 29.3 Å². The molecule has 1 fully saturated rings. The molecule has 0 amide bonds. The van der Waals surface area contributed by atoms with Crippen LogP contribution in [0.3, 0.4) is 0 Å². The van der Waals surface area contributed by atoms with Crippen molar-refractivity contribution in [1.82, 2.24) is 10.2 Å². The lowest BCUT2D eigenvalue weighted by Gasteiger charge is -2.21. The molecule has 2 rings (SSSR count). The zero-order valence-corrected chi connectivity index (χ0v) is 18.4. The van der Waals surface area contributed by atoms with Crippen LogP contribution in [0.1, 0.15) is 25.0 Å². The number of esters is 1. The Hall–Kier alpha value is -1.35. The highest BCUT2D eigenvalue weighted by Gasteiger charge is 2.36. The van der Waals surface area contributed by atoms with Gasteiger partial charge in [0.2, 0.25) is 0 Å². The van der Waals surface area contributed by atoms with E-state index in [4.69, 9.17) is 14.5 Å². The maximum absolute atomic E-state index is 11.9. The topological polar surface area (TPSA) is 63.2 Å². The van der Waals surface area contributed by atoms with Gasteiger partial charge in [0.1, 0.15) is 0 Å². The van der Waals surface area contributed by atoms with E-state index in [-0.39, 0.29) is 41.8 Å². The van der Waals surface area contributed by atoms with Crippen molar-refractivity contribution in [2.45, 2.75) is 27.0 Å². The molecule has 7 heteroatoms. The first-order valence-corrected chi connectivity index (χ1v) is 8.77. The summed E-state index contributed by atoms with van der Waals surface area (Å²) in [5.74, 6) is 0.843. The number of hydrogen-bond donors (Lipinski definition) is 1. The number of halogens is 1. The van der Waals surface area contributed by atoms with Gasteiger partial charge in [-0.25, -0.2) is 4.99 Å². The van der Waals surface area contributed by atoms with Crippen LogP contribution in [0.2, 0.25) is 0 Å². The van der Waals surface area contributed by atoms with E-state index in [0.717, 1.165) is 30.2 Å². The van der Waals surface area contributed by atoms with Crippen molar-refractivity contribution in [3.05, 3.63) is 35.4 Å². The van der Waals surface area contributed by atoms with Crippen molar-refractivity contribution in [2.75, 3.05) is 33.9 Å². The van der Waals surface area contributed by atoms with E-state index in [0.29, 0.717) is 19.7 Å². The number of methoxy groups -OCH3 is 2. The van der Waals surface area contributed by atoms with Gasteiger partial charge < -0.3 is 19.7 Å². The smallest absolute Gasteiger partial charge is 0.310 e. The highest BCUT2D eigenvalue weighted by Crippen LogP contribution is 2.24. The molecule has 0 aliphatic carbocycles. The van der Waals surface area contributed by atoms with E-state index < -0.39 is 0 Å². The number of benzene rings is 1. The fourth-order valence-electron chi connectivity index (χ4n) is 3.19. The molecule has 1 aliphatic heterocycles. The Morgan fingerprint density at radius 1 is 1.27 bits per heavy atom. The van der Waals surface area contributed by atoms with E-state index in [1.165, 1.54) is 7.11 Å². The zero-order chi connectivity index (χ0) is 18.2. The van der Waals surface area contributed by atoms with Crippen molar-refractivity contribution in [1.29, 1.82) is 0 Å². The van der Waals surface area contributed by atoms with Gasteiger partial charge >= 0.3 is 5.97 Å². The third-order valence-corrected chi connectivity index (χ3v) is 4.57. The predicted octanol–water partition coefficient (Wildman–Crippen LogP) is 2.66. The van der Waals surface area contributed by atoms with Gasteiger partial charge in [0.15, 0.2) is 5.96 Å². The average molecular weight is 475 g/mol. The molecule has 2 unspecified atom stereocenters. The van der Waals surface area contributed by atoms with Crippen molar-refractivity contribution >= 4 is 35.9 Å². The summed E-state index contributed by atoms with van der Waals surface area (Å²) in [6.07, 6.45) is 0. The van der Waals surface area contributed by atoms with Crippen LogP contribution in [0.5, 0.6) is 0 Å². The van der Waals surface area contributed by atoms with Gasteiger partial charge in [-0.05, 0) is 24.0 Å². The second kappa shape index (κ2) is 11.4. The Balaban J connectivity index is 0.00000338. The maximum atomic E-state index is 11.9. The summed E-state index contributed by atoms with van der Waals surface area (Å²) in [4.78, 5) is 18.9. The number of carbonyl (C=O) groups is 1. The fraction of sp³-hybridized carbons (Fsp3) is 0.579. The lowest BCUT2D eigenvalue weighted by atomic mass is 9.99. The van der Waals surface area contributed by atoms with Crippen molar-refractivity contribution in [3.63, 3.8) is 0 Å². The number of carbonyl (C=O) groups excluding carboxylic acids is 1. The number of hydrogen-bond acceptors (Lipinski definition) is 4. The summed E-state index contributed by atoms with van der Waals surface area (Å²) < 4.78 is 10.2. The summed E-state index contributed by atoms with van der Waals surface area (Å²) in [6, 6.07) is 8.16. The monoisotopic (exact) mass is 475 g/mol. The van der Waals surface area contributed by atoms with E-state index in [1.54, 1.807) is 7.11 Å². The SMILES string of the molecule is CCNC(=NCc1ccccc1COC)N1CC(C)C(C(=O)OC)C1.I. The second-order valence-corrected chi connectivity index (χ2v) is 6.38. The largest absolute Gasteiger partial charge is 0.469 e. The van der Waals surface area contributed by atoms with Crippen LogP contribution >= 0.6 is 24.0 Å². The normalized spacial score (nSPS) is 19.8.